The Labute approximate surface area is 340 Å². The van der Waals surface area contributed by atoms with E-state index in [1.54, 1.807) is 0 Å². The van der Waals surface area contributed by atoms with Gasteiger partial charge in [0.05, 0.1) is 39.0 Å². The Morgan fingerprint density at radius 2 is 0.911 bits per heavy atom. The van der Waals surface area contributed by atoms with Crippen LogP contribution in [-0.4, -0.2) is 13.7 Å². The number of halogens is 2. The van der Waals surface area contributed by atoms with E-state index in [9.17, 15) is 0 Å². The topological polar surface area (TPSA) is 18.0 Å². The molecule has 0 amide bonds. The van der Waals surface area contributed by atoms with E-state index in [4.69, 9.17) is 0 Å². The third kappa shape index (κ3) is 4.57. The van der Waals surface area contributed by atoms with Crippen LogP contribution in [0.4, 0.5) is 11.4 Å². The summed E-state index contributed by atoms with van der Waals surface area (Å²) in [7, 11) is 0. The fourth-order valence-electron chi connectivity index (χ4n) is 9.54. The molecule has 0 fully saturated rings. The van der Waals surface area contributed by atoms with Crippen LogP contribution in [0.25, 0.3) is 71.6 Å². The van der Waals surface area contributed by atoms with Gasteiger partial charge in [-0.3, -0.25) is 0 Å². The number of aromatic nitrogens is 3. The molecule has 10 aromatic rings. The maximum atomic E-state index is 3.72. The zero-order valence-electron chi connectivity index (χ0n) is 30.1. The van der Waals surface area contributed by atoms with Crippen LogP contribution < -0.4 is 4.90 Å². The second-order valence-corrected chi connectivity index (χ2v) is 16.6. The second kappa shape index (κ2) is 12.2. The van der Waals surface area contributed by atoms with Crippen LogP contribution in [-0.2, 0) is 0 Å². The van der Waals surface area contributed by atoms with E-state index in [0.717, 1.165) is 32.4 Å². The Hall–Kier alpha value is -6.08. The molecule has 1 unspecified atom stereocenters. The number of benzene rings is 7. The van der Waals surface area contributed by atoms with E-state index in [-0.39, 0.29) is 5.92 Å². The first-order valence-corrected chi connectivity index (χ1v) is 20.6. The number of rotatable bonds is 4. The largest absolute Gasteiger partial charge is 0.311 e. The van der Waals surface area contributed by atoms with Crippen LogP contribution in [0.3, 0.4) is 0 Å². The highest BCUT2D eigenvalue weighted by molar-refractivity contribution is 9.10. The van der Waals surface area contributed by atoms with Gasteiger partial charge < -0.3 is 18.6 Å². The fourth-order valence-corrected chi connectivity index (χ4v) is 10.1. The van der Waals surface area contributed by atoms with Crippen molar-refractivity contribution in [1.29, 1.82) is 0 Å². The van der Waals surface area contributed by atoms with Crippen molar-refractivity contribution >= 4 is 103 Å². The van der Waals surface area contributed by atoms with Gasteiger partial charge in [-0.1, -0.05) is 111 Å². The minimum atomic E-state index is 0.137. The Kier molecular flexibility index (Phi) is 7.02. The Morgan fingerprint density at radius 3 is 1.46 bits per heavy atom. The van der Waals surface area contributed by atoms with Gasteiger partial charge >= 0.3 is 0 Å². The molecule has 4 nitrogen and oxygen atoms in total. The van der Waals surface area contributed by atoms with E-state index >= 15 is 0 Å². The lowest BCUT2D eigenvalue weighted by Crippen LogP contribution is -2.17. The molecule has 0 spiro atoms. The van der Waals surface area contributed by atoms with Gasteiger partial charge in [-0.05, 0) is 103 Å². The summed E-state index contributed by atoms with van der Waals surface area (Å²) >= 11 is 7.44. The summed E-state index contributed by atoms with van der Waals surface area (Å²) in [6.07, 6.45) is 5.77. The second-order valence-electron chi connectivity index (χ2n) is 14.8. The predicted molar refractivity (Wildman–Crippen MR) is 241 cm³/mol. The minimum Gasteiger partial charge on any atom is -0.311 e. The molecule has 1 aliphatic heterocycles. The average molecular weight is 849 g/mol. The molecule has 0 N–H and O–H groups in total. The van der Waals surface area contributed by atoms with E-state index in [2.05, 4.69) is 226 Å². The monoisotopic (exact) mass is 846 g/mol. The molecule has 0 saturated heterocycles. The molecule has 7 aromatic carbocycles. The molecule has 1 aliphatic carbocycles. The minimum absolute atomic E-state index is 0.137. The first kappa shape index (κ1) is 32.2. The van der Waals surface area contributed by atoms with Gasteiger partial charge in [0, 0.05) is 70.3 Å². The predicted octanol–water partition coefficient (Wildman–Crippen LogP) is 14.4. The summed E-state index contributed by atoms with van der Waals surface area (Å²) in [6, 6.07) is 59.7. The van der Waals surface area contributed by atoms with Crippen molar-refractivity contribution in [3.8, 4) is 11.4 Å². The average Bonchev–Trinajstić information content (AvgIpc) is 3.96. The van der Waals surface area contributed by atoms with Gasteiger partial charge in [-0.15, -0.1) is 0 Å². The maximum absolute atomic E-state index is 3.72. The van der Waals surface area contributed by atoms with Crippen molar-refractivity contribution in [2.75, 3.05) is 4.90 Å². The lowest BCUT2D eigenvalue weighted by molar-refractivity contribution is 0.770. The molecule has 56 heavy (non-hydrogen) atoms. The zero-order chi connectivity index (χ0) is 37.1. The Morgan fingerprint density at radius 1 is 0.429 bits per heavy atom. The molecule has 3 aromatic heterocycles. The van der Waals surface area contributed by atoms with Crippen molar-refractivity contribution in [3.63, 3.8) is 0 Å². The molecule has 4 heterocycles. The number of para-hydroxylation sites is 4. The van der Waals surface area contributed by atoms with Crippen molar-refractivity contribution in [2.24, 2.45) is 0 Å². The summed E-state index contributed by atoms with van der Waals surface area (Å²) in [4.78, 5) is 2.53. The quantitative estimate of drug-likeness (QED) is 0.173. The van der Waals surface area contributed by atoms with Gasteiger partial charge in [0.25, 0.3) is 0 Å². The van der Waals surface area contributed by atoms with E-state index in [0.29, 0.717) is 0 Å². The van der Waals surface area contributed by atoms with Crippen molar-refractivity contribution in [3.05, 3.63) is 196 Å². The highest BCUT2D eigenvalue weighted by Gasteiger charge is 2.41. The standard InChI is InChI=1S/C50H32Br2N4/c51-31-17-21-33(22-18-31)55-47-29-35(53-43-13-5-1-9-37(43)38-10-2-6-14-44(38)53)25-27-41(47)49-50(55)42-28-26-36(30-48(42)56(49)34-23-19-32(52)20-24-34)54-45-15-7-3-11-39(45)40-12-4-8-16-46(40)54/h1-27,29-30,42H,28H2. The third-order valence-electron chi connectivity index (χ3n) is 11.8. The van der Waals surface area contributed by atoms with Crippen LogP contribution in [0, 0.1) is 0 Å². The summed E-state index contributed by atoms with van der Waals surface area (Å²) in [5, 5.41) is 6.30. The summed E-state index contributed by atoms with van der Waals surface area (Å²) in [5.41, 5.74) is 14.5. The zero-order valence-corrected chi connectivity index (χ0v) is 33.2. The summed E-state index contributed by atoms with van der Waals surface area (Å²) in [6.45, 7) is 0. The number of hydrogen-bond donors (Lipinski definition) is 0. The highest BCUT2D eigenvalue weighted by atomic mass is 79.9. The van der Waals surface area contributed by atoms with Gasteiger partial charge in [-0.2, -0.15) is 0 Å². The molecule has 12 rings (SSSR count). The molecular formula is C50H32Br2N4. The van der Waals surface area contributed by atoms with Crippen LogP contribution in [0.1, 0.15) is 18.0 Å². The fraction of sp³-hybridized carbons (Fsp3) is 0.0400. The van der Waals surface area contributed by atoms with Crippen LogP contribution in [0.5, 0.6) is 0 Å². The molecule has 0 radical (unpaired) electrons. The molecule has 0 bridgehead atoms. The van der Waals surface area contributed by atoms with E-state index in [1.165, 1.54) is 77.3 Å². The lowest BCUT2D eigenvalue weighted by Gasteiger charge is -2.28. The molecule has 0 saturated carbocycles. The van der Waals surface area contributed by atoms with Gasteiger partial charge in [0.1, 0.15) is 0 Å². The van der Waals surface area contributed by atoms with Gasteiger partial charge in [0.2, 0.25) is 0 Å². The summed E-state index contributed by atoms with van der Waals surface area (Å²) in [5.74, 6) is 0.137. The molecule has 6 heteroatoms. The van der Waals surface area contributed by atoms with Crippen LogP contribution in [0.2, 0.25) is 0 Å². The van der Waals surface area contributed by atoms with Crippen molar-refractivity contribution < 1.29 is 0 Å². The molecule has 2 aliphatic rings. The number of fused-ring (bicyclic) bond motifs is 11. The first-order valence-electron chi connectivity index (χ1n) is 19.0. The third-order valence-corrected chi connectivity index (χ3v) is 12.9. The SMILES string of the molecule is Brc1ccc(N2C3=CC(n4c5ccccc5c5ccccc54)=CCC3c3c2c2ccc(-n4c5ccccc5c5ccccc54)cc2n3-c2ccc(Br)cc2)cc1. The number of nitrogens with zero attached hydrogens (tertiary/aromatic N) is 4. The summed E-state index contributed by atoms with van der Waals surface area (Å²) < 4.78 is 9.54. The van der Waals surface area contributed by atoms with Crippen LogP contribution in [0.15, 0.2) is 191 Å². The van der Waals surface area contributed by atoms with Gasteiger partial charge in [-0.25, -0.2) is 0 Å². The normalized spacial score (nSPS) is 15.2. The Balaban J connectivity index is 1.13. The lowest BCUT2D eigenvalue weighted by atomic mass is 9.94. The number of anilines is 2. The smallest absolute Gasteiger partial charge is 0.0758 e. The first-order chi connectivity index (χ1) is 27.6. The molecule has 1 atom stereocenters. The van der Waals surface area contributed by atoms with Crippen molar-refractivity contribution in [1.82, 2.24) is 13.7 Å². The molecule has 266 valence electrons. The van der Waals surface area contributed by atoms with Crippen LogP contribution >= 0.6 is 31.9 Å². The Bertz CT molecular complexity index is 3200. The number of hydrogen-bond acceptors (Lipinski definition) is 1. The van der Waals surface area contributed by atoms with E-state index < -0.39 is 0 Å². The van der Waals surface area contributed by atoms with Crippen molar-refractivity contribution in [2.45, 2.75) is 12.3 Å². The van der Waals surface area contributed by atoms with E-state index in [1.807, 2.05) is 0 Å². The highest BCUT2D eigenvalue weighted by Crippen LogP contribution is 2.57. The molecular weight excluding hydrogens is 816 g/mol. The maximum Gasteiger partial charge on any atom is 0.0758 e. The number of allylic oxidation sites excluding steroid dienone is 4. The van der Waals surface area contributed by atoms with Gasteiger partial charge in [0.15, 0.2) is 0 Å².